The average molecular weight is 442 g/mol. The van der Waals surface area contributed by atoms with Crippen molar-refractivity contribution in [1.82, 2.24) is 19.7 Å². The van der Waals surface area contributed by atoms with E-state index in [1.807, 2.05) is 60.4 Å². The number of thioether (sulfide) groups is 1. The van der Waals surface area contributed by atoms with Crippen molar-refractivity contribution in [1.29, 1.82) is 0 Å². The lowest BCUT2D eigenvalue weighted by atomic mass is 10.2. The number of para-hydroxylation sites is 1. The van der Waals surface area contributed by atoms with Crippen LogP contribution in [-0.2, 0) is 17.8 Å². The first-order chi connectivity index (χ1) is 15.7. The summed E-state index contributed by atoms with van der Waals surface area (Å²) >= 11 is 1.46. The molecule has 1 aliphatic heterocycles. The predicted octanol–water partition coefficient (Wildman–Crippen LogP) is 4.46. The normalized spacial score (nSPS) is 13.7. The number of fused-ring (bicyclic) bond motifs is 1. The molecule has 0 aliphatic carbocycles. The summed E-state index contributed by atoms with van der Waals surface area (Å²) in [4.78, 5) is 19.3. The van der Waals surface area contributed by atoms with Crippen molar-refractivity contribution in [2.75, 3.05) is 11.4 Å². The van der Waals surface area contributed by atoms with E-state index in [-0.39, 0.29) is 11.2 Å². The lowest BCUT2D eigenvalue weighted by molar-refractivity contribution is -0.117. The monoisotopic (exact) mass is 441 g/mol. The maximum absolute atomic E-state index is 13.3. The molecule has 0 radical (unpaired) electrons. The van der Waals surface area contributed by atoms with Gasteiger partial charge in [0.2, 0.25) is 5.91 Å². The van der Waals surface area contributed by atoms with Gasteiger partial charge >= 0.3 is 0 Å². The molecule has 0 fully saturated rings. The number of hydrogen-bond donors (Lipinski definition) is 0. The van der Waals surface area contributed by atoms with Crippen LogP contribution in [0.4, 0.5) is 5.69 Å². The highest BCUT2D eigenvalue weighted by molar-refractivity contribution is 8.00. The van der Waals surface area contributed by atoms with Crippen molar-refractivity contribution in [2.45, 2.75) is 30.3 Å². The summed E-state index contributed by atoms with van der Waals surface area (Å²) < 4.78 is 2.08. The first-order valence-corrected chi connectivity index (χ1v) is 11.5. The minimum Gasteiger partial charge on any atom is -0.311 e. The Morgan fingerprint density at radius 2 is 1.75 bits per heavy atom. The van der Waals surface area contributed by atoms with Crippen LogP contribution in [0, 0.1) is 0 Å². The van der Waals surface area contributed by atoms with Crippen LogP contribution in [-0.4, -0.2) is 37.5 Å². The van der Waals surface area contributed by atoms with Crippen molar-refractivity contribution < 1.29 is 4.79 Å². The summed E-state index contributed by atoms with van der Waals surface area (Å²) in [6.07, 6.45) is 4.40. The highest BCUT2D eigenvalue weighted by atomic mass is 32.2. The van der Waals surface area contributed by atoms with E-state index in [1.54, 1.807) is 12.4 Å². The first kappa shape index (κ1) is 20.5. The molecule has 0 saturated carbocycles. The van der Waals surface area contributed by atoms with E-state index in [0.29, 0.717) is 6.54 Å². The Labute approximate surface area is 191 Å². The van der Waals surface area contributed by atoms with Gasteiger partial charge in [-0.1, -0.05) is 60.3 Å². The molecule has 1 aliphatic rings. The molecule has 32 heavy (non-hydrogen) atoms. The molecule has 0 saturated heterocycles. The fourth-order valence-electron chi connectivity index (χ4n) is 3.99. The van der Waals surface area contributed by atoms with Crippen LogP contribution in [0.15, 0.2) is 84.3 Å². The molecule has 0 N–H and O–H groups in total. The largest absolute Gasteiger partial charge is 0.311 e. The third kappa shape index (κ3) is 4.03. The van der Waals surface area contributed by atoms with Gasteiger partial charge in [0.15, 0.2) is 11.0 Å². The fraction of sp³-hybridized carbons (Fsp3) is 0.200. The van der Waals surface area contributed by atoms with Crippen LogP contribution in [0.25, 0.3) is 11.4 Å². The smallest absolute Gasteiger partial charge is 0.240 e. The van der Waals surface area contributed by atoms with E-state index in [9.17, 15) is 4.79 Å². The summed E-state index contributed by atoms with van der Waals surface area (Å²) in [5.41, 5.74) is 4.35. The molecule has 7 heteroatoms. The molecule has 1 atom stereocenters. The molecular weight excluding hydrogens is 418 g/mol. The quantitative estimate of drug-likeness (QED) is 0.414. The van der Waals surface area contributed by atoms with E-state index in [1.165, 1.54) is 17.3 Å². The molecule has 5 rings (SSSR count). The van der Waals surface area contributed by atoms with Crippen LogP contribution in [0.1, 0.15) is 18.1 Å². The third-order valence-corrected chi connectivity index (χ3v) is 6.69. The van der Waals surface area contributed by atoms with Crippen molar-refractivity contribution in [2.24, 2.45) is 0 Å². The summed E-state index contributed by atoms with van der Waals surface area (Å²) in [7, 11) is 0. The number of carbonyl (C=O) groups is 1. The molecule has 1 amide bonds. The second-order valence-corrected chi connectivity index (χ2v) is 9.05. The van der Waals surface area contributed by atoms with Gasteiger partial charge in [0.1, 0.15) is 0 Å². The van der Waals surface area contributed by atoms with Crippen LogP contribution >= 0.6 is 11.8 Å². The molecule has 6 nitrogen and oxygen atoms in total. The standard InChI is InChI=1S/C25H23N5OS/c1-18(24(31)29-16-13-20-9-5-6-10-22(20)29)32-25-28-27-23(21-11-14-26-15-12-21)30(25)17-19-7-3-2-4-8-19/h2-12,14-15,18H,13,16-17H2,1H3/t18-/m1/s1. The van der Waals surface area contributed by atoms with Gasteiger partial charge in [-0.3, -0.25) is 14.3 Å². The number of pyridine rings is 1. The minimum absolute atomic E-state index is 0.0969. The first-order valence-electron chi connectivity index (χ1n) is 10.6. The van der Waals surface area contributed by atoms with E-state index in [0.717, 1.165) is 40.8 Å². The van der Waals surface area contributed by atoms with Crippen LogP contribution in [0.3, 0.4) is 0 Å². The number of anilines is 1. The summed E-state index contributed by atoms with van der Waals surface area (Å²) in [5.74, 6) is 0.865. The zero-order chi connectivity index (χ0) is 21.9. The van der Waals surface area contributed by atoms with Crippen LogP contribution in [0.2, 0.25) is 0 Å². The molecule has 160 valence electrons. The number of rotatable bonds is 6. The fourth-order valence-corrected chi connectivity index (χ4v) is 4.90. The lowest BCUT2D eigenvalue weighted by Crippen LogP contribution is -2.35. The van der Waals surface area contributed by atoms with Gasteiger partial charge in [-0.2, -0.15) is 0 Å². The second-order valence-electron chi connectivity index (χ2n) is 7.74. The third-order valence-electron chi connectivity index (χ3n) is 5.62. The van der Waals surface area contributed by atoms with Crippen LogP contribution < -0.4 is 4.90 Å². The van der Waals surface area contributed by atoms with Gasteiger partial charge in [-0.15, -0.1) is 10.2 Å². The second kappa shape index (κ2) is 8.96. The highest BCUT2D eigenvalue weighted by Crippen LogP contribution is 2.32. The molecule has 4 aromatic rings. The van der Waals surface area contributed by atoms with Crippen molar-refractivity contribution in [3.05, 3.63) is 90.3 Å². The topological polar surface area (TPSA) is 63.9 Å². The van der Waals surface area contributed by atoms with Gasteiger partial charge < -0.3 is 4.90 Å². The molecule has 0 spiro atoms. The Kier molecular flexibility index (Phi) is 5.73. The van der Waals surface area contributed by atoms with Gasteiger partial charge in [-0.05, 0) is 42.7 Å². The zero-order valence-electron chi connectivity index (χ0n) is 17.8. The maximum atomic E-state index is 13.3. The maximum Gasteiger partial charge on any atom is 0.240 e. The van der Waals surface area contributed by atoms with E-state index in [2.05, 4.69) is 37.9 Å². The number of aromatic nitrogens is 4. The van der Waals surface area contributed by atoms with Gasteiger partial charge in [-0.25, -0.2) is 0 Å². The molecule has 2 aromatic carbocycles. The molecule has 0 bridgehead atoms. The van der Waals surface area contributed by atoms with Gasteiger partial charge in [0.25, 0.3) is 0 Å². The number of benzene rings is 2. The Balaban J connectivity index is 1.43. The molecule has 2 aromatic heterocycles. The Bertz CT molecular complexity index is 1230. The average Bonchev–Trinajstić information content (AvgIpc) is 3.44. The van der Waals surface area contributed by atoms with E-state index < -0.39 is 0 Å². The zero-order valence-corrected chi connectivity index (χ0v) is 18.6. The van der Waals surface area contributed by atoms with Crippen molar-refractivity contribution in [3.8, 4) is 11.4 Å². The molecule has 0 unspecified atom stereocenters. The minimum atomic E-state index is -0.287. The van der Waals surface area contributed by atoms with Gasteiger partial charge in [0.05, 0.1) is 11.8 Å². The number of nitrogens with zero attached hydrogens (tertiary/aromatic N) is 5. The van der Waals surface area contributed by atoms with E-state index >= 15 is 0 Å². The summed E-state index contributed by atoms with van der Waals surface area (Å²) in [6, 6.07) is 22.2. The predicted molar refractivity (Wildman–Crippen MR) is 127 cm³/mol. The number of hydrogen-bond acceptors (Lipinski definition) is 5. The molecule has 3 heterocycles. The van der Waals surface area contributed by atoms with Crippen molar-refractivity contribution in [3.63, 3.8) is 0 Å². The summed E-state index contributed by atoms with van der Waals surface area (Å²) in [6.45, 7) is 3.30. The Morgan fingerprint density at radius 1 is 1.00 bits per heavy atom. The van der Waals surface area contributed by atoms with Gasteiger partial charge in [0, 0.05) is 30.2 Å². The number of amides is 1. The van der Waals surface area contributed by atoms with E-state index in [4.69, 9.17) is 0 Å². The van der Waals surface area contributed by atoms with Crippen LogP contribution in [0.5, 0.6) is 0 Å². The highest BCUT2D eigenvalue weighted by Gasteiger charge is 2.29. The summed E-state index contributed by atoms with van der Waals surface area (Å²) in [5, 5.41) is 9.38. The number of carbonyl (C=O) groups excluding carboxylic acids is 1. The Hall–Kier alpha value is -3.45. The Morgan fingerprint density at radius 3 is 2.56 bits per heavy atom. The molecular formula is C25H23N5OS. The SMILES string of the molecule is C[C@@H](Sc1nnc(-c2ccncc2)n1Cc1ccccc1)C(=O)N1CCc2ccccc21. The lowest BCUT2D eigenvalue weighted by Gasteiger charge is -2.21. The van der Waals surface area contributed by atoms with Crippen molar-refractivity contribution >= 4 is 23.4 Å².